The molecule has 146 valence electrons. The predicted octanol–water partition coefficient (Wildman–Crippen LogP) is 3.28. The molecule has 0 aliphatic carbocycles. The second-order valence-electron chi connectivity index (χ2n) is 6.85. The molecule has 0 fully saturated rings. The summed E-state index contributed by atoms with van der Waals surface area (Å²) in [4.78, 5) is 17.3. The zero-order valence-corrected chi connectivity index (χ0v) is 17.2. The molecule has 0 spiro atoms. The number of para-hydroxylation sites is 1. The van der Waals surface area contributed by atoms with Crippen molar-refractivity contribution < 1.29 is 13.2 Å². The zero-order valence-electron chi connectivity index (χ0n) is 16.4. The fourth-order valence-corrected chi connectivity index (χ4v) is 4.02. The van der Waals surface area contributed by atoms with Gasteiger partial charge in [-0.05, 0) is 55.3 Å². The van der Waals surface area contributed by atoms with Crippen LogP contribution in [0.5, 0.6) is 0 Å². The largest absolute Gasteiger partial charge is 0.326 e. The topological polar surface area (TPSA) is 79.4 Å². The maximum atomic E-state index is 12.5. The van der Waals surface area contributed by atoms with Crippen LogP contribution in [-0.2, 0) is 21.2 Å². The van der Waals surface area contributed by atoms with Gasteiger partial charge in [-0.15, -0.1) is 0 Å². The Kier molecular flexibility index (Phi) is 5.49. The Labute approximate surface area is 165 Å². The molecule has 0 radical (unpaired) electrons. The van der Waals surface area contributed by atoms with Crippen molar-refractivity contribution in [2.45, 2.75) is 25.2 Å². The fraction of sp³-hybridized carbons (Fsp3) is 0.238. The molecule has 28 heavy (non-hydrogen) atoms. The van der Waals surface area contributed by atoms with E-state index in [4.69, 9.17) is 0 Å². The Morgan fingerprint density at radius 3 is 2.32 bits per heavy atom. The second kappa shape index (κ2) is 7.69. The lowest BCUT2D eigenvalue weighted by Crippen LogP contribution is -2.22. The third-order valence-corrected chi connectivity index (χ3v) is 6.57. The van der Waals surface area contributed by atoms with Crippen LogP contribution in [0.3, 0.4) is 0 Å². The molecule has 1 aromatic heterocycles. The highest BCUT2D eigenvalue weighted by atomic mass is 32.2. The van der Waals surface area contributed by atoms with E-state index >= 15 is 0 Å². The summed E-state index contributed by atoms with van der Waals surface area (Å²) >= 11 is 0. The fourth-order valence-electron chi connectivity index (χ4n) is 3.12. The molecule has 6 nitrogen and oxygen atoms in total. The Morgan fingerprint density at radius 1 is 1.04 bits per heavy atom. The van der Waals surface area contributed by atoms with Crippen LogP contribution in [0.1, 0.15) is 16.8 Å². The van der Waals surface area contributed by atoms with E-state index in [-0.39, 0.29) is 17.2 Å². The summed E-state index contributed by atoms with van der Waals surface area (Å²) in [7, 11) is -0.531. The highest BCUT2D eigenvalue weighted by Gasteiger charge is 2.17. The average molecular weight is 398 g/mol. The van der Waals surface area contributed by atoms with Gasteiger partial charge < -0.3 is 5.32 Å². The number of fused-ring (bicyclic) bond motifs is 1. The van der Waals surface area contributed by atoms with Gasteiger partial charge in [-0.1, -0.05) is 18.2 Å². The van der Waals surface area contributed by atoms with Crippen LogP contribution in [0, 0.1) is 13.8 Å². The minimum Gasteiger partial charge on any atom is -0.326 e. The summed E-state index contributed by atoms with van der Waals surface area (Å²) in [6.07, 6.45) is 0.202. The molecule has 3 aromatic rings. The van der Waals surface area contributed by atoms with Crippen molar-refractivity contribution in [2.75, 3.05) is 19.4 Å². The number of hydrogen-bond donors (Lipinski definition) is 1. The van der Waals surface area contributed by atoms with Gasteiger partial charge in [-0.2, -0.15) is 0 Å². The first kappa shape index (κ1) is 20.0. The maximum Gasteiger partial charge on any atom is 0.242 e. The van der Waals surface area contributed by atoms with Crippen molar-refractivity contribution in [1.29, 1.82) is 0 Å². The van der Waals surface area contributed by atoms with Crippen LogP contribution in [0.2, 0.25) is 0 Å². The molecule has 0 bridgehead atoms. The van der Waals surface area contributed by atoms with Gasteiger partial charge in [0.2, 0.25) is 15.9 Å². The van der Waals surface area contributed by atoms with Gasteiger partial charge >= 0.3 is 0 Å². The molecule has 0 unspecified atom stereocenters. The lowest BCUT2D eigenvalue weighted by molar-refractivity contribution is -0.115. The number of benzene rings is 2. The Morgan fingerprint density at radius 2 is 1.68 bits per heavy atom. The summed E-state index contributed by atoms with van der Waals surface area (Å²) in [5, 5.41) is 3.86. The number of carbonyl (C=O) groups excluding carboxylic acids is 1. The number of sulfonamides is 1. The van der Waals surface area contributed by atoms with Crippen molar-refractivity contribution in [3.05, 3.63) is 65.4 Å². The minimum atomic E-state index is -3.49. The number of pyridine rings is 1. The number of rotatable bonds is 5. The quantitative estimate of drug-likeness (QED) is 0.717. The van der Waals surface area contributed by atoms with Crippen molar-refractivity contribution >= 4 is 32.5 Å². The van der Waals surface area contributed by atoms with Crippen LogP contribution in [0.25, 0.3) is 10.9 Å². The van der Waals surface area contributed by atoms with E-state index in [1.165, 1.54) is 26.2 Å². The molecule has 7 heteroatoms. The molecular weight excluding hydrogens is 374 g/mol. The summed E-state index contributed by atoms with van der Waals surface area (Å²) in [6, 6.07) is 14.0. The van der Waals surface area contributed by atoms with Gasteiger partial charge in [0.05, 0.1) is 16.8 Å². The maximum absolute atomic E-state index is 12.5. The second-order valence-corrected chi connectivity index (χ2v) is 9.01. The molecule has 0 saturated heterocycles. The van der Waals surface area contributed by atoms with Gasteiger partial charge in [-0.25, -0.2) is 12.7 Å². The van der Waals surface area contributed by atoms with Crippen LogP contribution >= 0.6 is 0 Å². The van der Waals surface area contributed by atoms with E-state index in [2.05, 4.69) is 10.3 Å². The molecule has 1 heterocycles. The first-order valence-electron chi connectivity index (χ1n) is 8.87. The molecule has 2 aromatic carbocycles. The van der Waals surface area contributed by atoms with Gasteiger partial charge in [0.15, 0.2) is 0 Å². The van der Waals surface area contributed by atoms with Crippen LogP contribution < -0.4 is 5.32 Å². The van der Waals surface area contributed by atoms with Crippen molar-refractivity contribution in [3.63, 3.8) is 0 Å². The number of anilines is 1. The number of aryl methyl sites for hydroxylation is 2. The minimum absolute atomic E-state index is 0.175. The van der Waals surface area contributed by atoms with Crippen molar-refractivity contribution in [3.8, 4) is 0 Å². The number of amides is 1. The predicted molar refractivity (Wildman–Crippen MR) is 111 cm³/mol. The normalized spacial score (nSPS) is 11.8. The summed E-state index contributed by atoms with van der Waals surface area (Å²) in [5.74, 6) is -0.175. The molecule has 3 rings (SSSR count). The van der Waals surface area contributed by atoms with Crippen LogP contribution in [0.15, 0.2) is 53.4 Å². The van der Waals surface area contributed by atoms with Crippen LogP contribution in [0.4, 0.5) is 5.69 Å². The third-order valence-electron chi connectivity index (χ3n) is 4.74. The van der Waals surface area contributed by atoms with Crippen molar-refractivity contribution in [1.82, 2.24) is 9.29 Å². The molecule has 0 atom stereocenters. The third kappa shape index (κ3) is 3.90. The standard InChI is InChI=1S/C21H23N3O3S/c1-14-18-7-5-6-8-20(18)22-15(2)19(14)13-21(25)23-16-9-11-17(12-10-16)28(26,27)24(3)4/h5-12H,13H2,1-4H3,(H,23,25). The van der Waals surface area contributed by atoms with E-state index in [1.807, 2.05) is 38.1 Å². The summed E-state index contributed by atoms with van der Waals surface area (Å²) < 4.78 is 25.4. The lowest BCUT2D eigenvalue weighted by Gasteiger charge is -2.13. The lowest BCUT2D eigenvalue weighted by atomic mass is 9.99. The van der Waals surface area contributed by atoms with E-state index in [0.29, 0.717) is 5.69 Å². The Balaban J connectivity index is 1.79. The number of hydrogen-bond acceptors (Lipinski definition) is 4. The molecule has 0 aliphatic heterocycles. The van der Waals surface area contributed by atoms with Crippen molar-refractivity contribution in [2.24, 2.45) is 0 Å². The summed E-state index contributed by atoms with van der Waals surface area (Å²) in [5.41, 5.74) is 4.25. The monoisotopic (exact) mass is 397 g/mol. The van der Waals surface area contributed by atoms with Gasteiger partial charge in [0.1, 0.15) is 0 Å². The first-order valence-corrected chi connectivity index (χ1v) is 10.3. The van der Waals surface area contributed by atoms with E-state index in [9.17, 15) is 13.2 Å². The Hall–Kier alpha value is -2.77. The van der Waals surface area contributed by atoms with E-state index in [0.717, 1.165) is 32.0 Å². The van der Waals surface area contributed by atoms with Gasteiger partial charge in [-0.3, -0.25) is 9.78 Å². The highest BCUT2D eigenvalue weighted by molar-refractivity contribution is 7.89. The van der Waals surface area contributed by atoms with Gasteiger partial charge in [0.25, 0.3) is 0 Å². The zero-order chi connectivity index (χ0) is 20.5. The molecule has 0 saturated carbocycles. The molecular formula is C21H23N3O3S. The summed E-state index contributed by atoms with van der Waals surface area (Å²) in [6.45, 7) is 3.91. The number of carbonyl (C=O) groups is 1. The molecule has 1 amide bonds. The van der Waals surface area contributed by atoms with Crippen LogP contribution in [-0.4, -0.2) is 37.7 Å². The average Bonchev–Trinajstić information content (AvgIpc) is 2.65. The number of nitrogens with one attached hydrogen (secondary N) is 1. The van der Waals surface area contributed by atoms with E-state index in [1.54, 1.807) is 12.1 Å². The smallest absolute Gasteiger partial charge is 0.242 e. The molecule has 0 aliphatic rings. The first-order chi connectivity index (χ1) is 13.2. The van der Waals surface area contributed by atoms with E-state index < -0.39 is 10.0 Å². The Bertz CT molecular complexity index is 1140. The molecule has 1 N–H and O–H groups in total. The SMILES string of the molecule is Cc1nc2ccccc2c(C)c1CC(=O)Nc1ccc(S(=O)(=O)N(C)C)cc1. The number of nitrogens with zero attached hydrogens (tertiary/aromatic N) is 2. The van der Waals surface area contributed by atoms with Gasteiger partial charge in [0, 0.05) is 30.9 Å². The number of aromatic nitrogens is 1. The highest BCUT2D eigenvalue weighted by Crippen LogP contribution is 2.23.